The van der Waals surface area contributed by atoms with Gasteiger partial charge in [0, 0.05) is 6.04 Å². The molecule has 0 aliphatic rings. The summed E-state index contributed by atoms with van der Waals surface area (Å²) in [6, 6.07) is 4.28. The zero-order chi connectivity index (χ0) is 15.6. The molecule has 2 atom stereocenters. The van der Waals surface area contributed by atoms with Crippen molar-refractivity contribution in [3.05, 3.63) is 35.4 Å². The third kappa shape index (κ3) is 3.50. The van der Waals surface area contributed by atoms with E-state index in [1.165, 1.54) is 19.1 Å². The van der Waals surface area contributed by atoms with Crippen LogP contribution in [0.15, 0.2) is 24.3 Å². The van der Waals surface area contributed by atoms with Gasteiger partial charge in [-0.2, -0.15) is 13.2 Å². The molecule has 0 saturated carbocycles. The van der Waals surface area contributed by atoms with E-state index >= 15 is 0 Å². The lowest BCUT2D eigenvalue weighted by atomic mass is 9.89. The maximum Gasteiger partial charge on any atom is 0.416 e. The molecule has 0 fully saturated rings. The number of halogens is 3. The molecule has 6 heteroatoms. The molecule has 0 radical (unpaired) electrons. The molecule has 0 saturated heterocycles. The first-order valence-corrected chi connectivity index (χ1v) is 6.30. The monoisotopic (exact) mass is 289 g/mol. The van der Waals surface area contributed by atoms with E-state index in [2.05, 4.69) is 5.32 Å². The van der Waals surface area contributed by atoms with Gasteiger partial charge < -0.3 is 5.11 Å². The molecule has 2 N–H and O–H groups in total. The molecule has 0 aliphatic carbocycles. The fourth-order valence-corrected chi connectivity index (χ4v) is 1.87. The van der Waals surface area contributed by atoms with Crippen molar-refractivity contribution in [3.8, 4) is 0 Å². The number of carbonyl (C=O) groups is 1. The fourth-order valence-electron chi connectivity index (χ4n) is 1.87. The van der Waals surface area contributed by atoms with Crippen molar-refractivity contribution in [2.45, 2.75) is 44.9 Å². The second-order valence-corrected chi connectivity index (χ2v) is 4.96. The topological polar surface area (TPSA) is 49.3 Å². The Morgan fingerprint density at radius 1 is 1.35 bits per heavy atom. The van der Waals surface area contributed by atoms with Crippen molar-refractivity contribution in [3.63, 3.8) is 0 Å². The Bertz CT molecular complexity index is 488. The highest BCUT2D eigenvalue weighted by Crippen LogP contribution is 2.32. The molecule has 1 aromatic rings. The average molecular weight is 289 g/mol. The van der Waals surface area contributed by atoms with E-state index in [1.807, 2.05) is 6.92 Å². The zero-order valence-electron chi connectivity index (χ0n) is 11.6. The summed E-state index contributed by atoms with van der Waals surface area (Å²) in [6.07, 6.45) is -3.83. The third-order valence-corrected chi connectivity index (χ3v) is 3.34. The van der Waals surface area contributed by atoms with Crippen LogP contribution >= 0.6 is 0 Å². The molecular formula is C14H18F3NO2. The highest BCUT2D eigenvalue weighted by Gasteiger charge is 2.38. The second-order valence-electron chi connectivity index (χ2n) is 4.96. The average Bonchev–Trinajstić information content (AvgIpc) is 2.37. The van der Waals surface area contributed by atoms with Gasteiger partial charge in [-0.25, -0.2) is 4.79 Å². The molecule has 3 nitrogen and oxygen atoms in total. The fraction of sp³-hybridized carbons (Fsp3) is 0.500. The lowest BCUT2D eigenvalue weighted by Crippen LogP contribution is -2.50. The molecule has 20 heavy (non-hydrogen) atoms. The summed E-state index contributed by atoms with van der Waals surface area (Å²) < 4.78 is 38.2. The van der Waals surface area contributed by atoms with Gasteiger partial charge in [0.05, 0.1) is 5.56 Å². The molecule has 112 valence electrons. The molecule has 0 amide bonds. The number of nitrogens with one attached hydrogen (secondary N) is 1. The number of rotatable bonds is 5. The summed E-state index contributed by atoms with van der Waals surface area (Å²) in [5.74, 6) is -1.21. The number of carboxylic acid groups (broad SMARTS) is 1. The minimum absolute atomic E-state index is 0.0834. The van der Waals surface area contributed by atoms with E-state index in [9.17, 15) is 23.1 Å². The predicted molar refractivity (Wildman–Crippen MR) is 69.3 cm³/mol. The van der Waals surface area contributed by atoms with Crippen LogP contribution in [0.5, 0.6) is 0 Å². The maximum atomic E-state index is 12.7. The molecule has 0 heterocycles. The zero-order valence-corrected chi connectivity index (χ0v) is 11.6. The first-order chi connectivity index (χ1) is 9.11. The Morgan fingerprint density at radius 2 is 1.90 bits per heavy atom. The van der Waals surface area contributed by atoms with E-state index in [1.54, 1.807) is 6.92 Å². The van der Waals surface area contributed by atoms with Crippen LogP contribution in [0, 0.1) is 0 Å². The first-order valence-electron chi connectivity index (χ1n) is 6.30. The molecule has 0 spiro atoms. The van der Waals surface area contributed by atoms with E-state index in [0.29, 0.717) is 6.42 Å². The Morgan fingerprint density at radius 3 is 2.35 bits per heavy atom. The molecular weight excluding hydrogens is 271 g/mol. The van der Waals surface area contributed by atoms with Gasteiger partial charge in [-0.3, -0.25) is 5.32 Å². The van der Waals surface area contributed by atoms with Crippen LogP contribution in [-0.4, -0.2) is 17.1 Å². The summed E-state index contributed by atoms with van der Waals surface area (Å²) in [7, 11) is 0. The van der Waals surface area contributed by atoms with Crippen LogP contribution < -0.4 is 5.32 Å². The summed E-state index contributed by atoms with van der Waals surface area (Å²) >= 11 is 0. The van der Waals surface area contributed by atoms with Crippen molar-refractivity contribution in [1.82, 2.24) is 5.32 Å². The smallest absolute Gasteiger partial charge is 0.416 e. The van der Waals surface area contributed by atoms with Gasteiger partial charge in [0.1, 0.15) is 5.54 Å². The lowest BCUT2D eigenvalue weighted by molar-refractivity contribution is -0.145. The van der Waals surface area contributed by atoms with Crippen LogP contribution in [-0.2, 0) is 16.5 Å². The molecule has 1 rings (SSSR count). The largest absolute Gasteiger partial charge is 0.480 e. The van der Waals surface area contributed by atoms with Crippen molar-refractivity contribution in [2.24, 2.45) is 0 Å². The predicted octanol–water partition coefficient (Wildman–Crippen LogP) is 3.39. The third-order valence-electron chi connectivity index (χ3n) is 3.34. The summed E-state index contributed by atoms with van der Waals surface area (Å²) in [4.78, 5) is 11.5. The van der Waals surface area contributed by atoms with Crippen molar-refractivity contribution in [2.75, 3.05) is 0 Å². The lowest BCUT2D eigenvalue weighted by Gasteiger charge is -2.30. The van der Waals surface area contributed by atoms with Gasteiger partial charge in [0.15, 0.2) is 0 Å². The van der Waals surface area contributed by atoms with Crippen molar-refractivity contribution < 1.29 is 23.1 Å². The number of carboxylic acids is 1. The van der Waals surface area contributed by atoms with Crippen LogP contribution in [0.2, 0.25) is 0 Å². The van der Waals surface area contributed by atoms with Crippen LogP contribution in [0.3, 0.4) is 0 Å². The number of hydrogen-bond donors (Lipinski definition) is 2. The number of benzene rings is 1. The molecule has 2 unspecified atom stereocenters. The van der Waals surface area contributed by atoms with Crippen LogP contribution in [0.1, 0.15) is 38.3 Å². The second kappa shape index (κ2) is 5.83. The van der Waals surface area contributed by atoms with Gasteiger partial charge in [-0.1, -0.05) is 19.1 Å². The van der Waals surface area contributed by atoms with E-state index in [4.69, 9.17) is 0 Å². The number of aliphatic carboxylic acids is 1. The molecule has 1 aromatic carbocycles. The van der Waals surface area contributed by atoms with E-state index in [0.717, 1.165) is 12.1 Å². The maximum absolute atomic E-state index is 12.7. The van der Waals surface area contributed by atoms with E-state index < -0.39 is 23.2 Å². The van der Waals surface area contributed by atoms with Gasteiger partial charge in [0.25, 0.3) is 0 Å². The van der Waals surface area contributed by atoms with Gasteiger partial charge in [0.2, 0.25) is 0 Å². The summed E-state index contributed by atoms with van der Waals surface area (Å²) in [6.45, 7) is 5.03. The molecule has 0 aliphatic heterocycles. The molecule has 0 aromatic heterocycles. The van der Waals surface area contributed by atoms with E-state index in [-0.39, 0.29) is 11.6 Å². The number of alkyl halides is 3. The highest BCUT2D eigenvalue weighted by atomic mass is 19.4. The highest BCUT2D eigenvalue weighted by molar-refractivity contribution is 5.80. The van der Waals surface area contributed by atoms with Crippen LogP contribution in [0.4, 0.5) is 13.2 Å². The van der Waals surface area contributed by atoms with Gasteiger partial charge in [-0.15, -0.1) is 0 Å². The van der Waals surface area contributed by atoms with Crippen molar-refractivity contribution >= 4 is 5.97 Å². The summed E-state index contributed by atoms with van der Waals surface area (Å²) in [5, 5.41) is 12.3. The van der Waals surface area contributed by atoms with Crippen molar-refractivity contribution in [1.29, 1.82) is 0 Å². The standard InChI is InChI=1S/C14H18F3NO2/c1-4-9(2)18-13(3,12(19)20)10-6-5-7-11(8-10)14(15,16)17/h5-9,18H,4H2,1-3H3,(H,19,20). The Hall–Kier alpha value is -1.56. The SMILES string of the molecule is CCC(C)NC(C)(C(=O)O)c1cccc(C(F)(F)F)c1. The molecule has 0 bridgehead atoms. The first kappa shape index (κ1) is 16.5. The number of hydrogen-bond acceptors (Lipinski definition) is 2. The normalized spacial score (nSPS) is 16.5. The van der Waals surface area contributed by atoms with Gasteiger partial charge in [-0.05, 0) is 38.0 Å². The Balaban J connectivity index is 3.26. The Labute approximate surface area is 115 Å². The quantitative estimate of drug-likeness (QED) is 0.873. The Kier molecular flexibility index (Phi) is 4.81. The minimum Gasteiger partial charge on any atom is -0.480 e. The summed E-state index contributed by atoms with van der Waals surface area (Å²) in [5.41, 5.74) is -2.33. The minimum atomic E-state index is -4.49. The van der Waals surface area contributed by atoms with Crippen LogP contribution in [0.25, 0.3) is 0 Å². The van der Waals surface area contributed by atoms with Gasteiger partial charge >= 0.3 is 12.1 Å².